The van der Waals surface area contributed by atoms with E-state index in [4.69, 9.17) is 4.74 Å². The number of ether oxygens (including phenoxy) is 1. The fourth-order valence-electron chi connectivity index (χ4n) is 1.53. The van der Waals surface area contributed by atoms with Crippen LogP contribution >= 0.6 is 11.3 Å². The standard InChI is InChI=1S/C13H11F2NO2S/c1-2-18-12(17)6-9-7-19-13(16-9)10-5-8(14)3-4-11(10)15/h3-5,7H,2,6H2,1H3. The summed E-state index contributed by atoms with van der Waals surface area (Å²) in [5, 5.41) is 1.98. The lowest BCUT2D eigenvalue weighted by molar-refractivity contribution is -0.142. The van der Waals surface area contributed by atoms with Crippen molar-refractivity contribution >= 4 is 17.3 Å². The third kappa shape index (κ3) is 3.35. The number of aromatic nitrogens is 1. The smallest absolute Gasteiger partial charge is 0.311 e. The number of benzene rings is 1. The van der Waals surface area contributed by atoms with Gasteiger partial charge in [-0.15, -0.1) is 11.3 Å². The Morgan fingerprint density at radius 1 is 1.42 bits per heavy atom. The number of thiazole rings is 1. The van der Waals surface area contributed by atoms with Crippen LogP contribution in [0.3, 0.4) is 0 Å². The molecule has 0 aliphatic rings. The molecule has 100 valence electrons. The van der Waals surface area contributed by atoms with Gasteiger partial charge in [-0.3, -0.25) is 4.79 Å². The second-order valence-corrected chi connectivity index (χ2v) is 4.61. The number of rotatable bonds is 4. The van der Waals surface area contributed by atoms with Crippen LogP contribution in [-0.2, 0) is 16.0 Å². The molecule has 0 radical (unpaired) electrons. The van der Waals surface area contributed by atoms with Crippen molar-refractivity contribution in [3.05, 3.63) is 40.9 Å². The van der Waals surface area contributed by atoms with E-state index in [-0.39, 0.29) is 18.0 Å². The zero-order valence-corrected chi connectivity index (χ0v) is 11.0. The summed E-state index contributed by atoms with van der Waals surface area (Å²) in [5.41, 5.74) is 0.585. The highest BCUT2D eigenvalue weighted by atomic mass is 32.1. The first-order valence-corrected chi connectivity index (χ1v) is 6.53. The van der Waals surface area contributed by atoms with Crippen LogP contribution in [0.5, 0.6) is 0 Å². The maximum Gasteiger partial charge on any atom is 0.311 e. The molecule has 0 unspecified atom stereocenters. The molecule has 2 aromatic rings. The minimum absolute atomic E-state index is 0.0290. The molecule has 0 bridgehead atoms. The number of hydrogen-bond donors (Lipinski definition) is 0. The molecule has 0 fully saturated rings. The minimum Gasteiger partial charge on any atom is -0.466 e. The molecule has 1 aromatic carbocycles. The number of hydrogen-bond acceptors (Lipinski definition) is 4. The molecule has 1 heterocycles. The molecule has 0 saturated carbocycles. The highest BCUT2D eigenvalue weighted by molar-refractivity contribution is 7.13. The molecular weight excluding hydrogens is 272 g/mol. The van der Waals surface area contributed by atoms with Crippen molar-refractivity contribution in [3.63, 3.8) is 0 Å². The van der Waals surface area contributed by atoms with Crippen molar-refractivity contribution in [2.45, 2.75) is 13.3 Å². The number of esters is 1. The summed E-state index contributed by atoms with van der Waals surface area (Å²) in [6.07, 6.45) is 0.0290. The van der Waals surface area contributed by atoms with Gasteiger partial charge in [0, 0.05) is 10.9 Å². The van der Waals surface area contributed by atoms with Gasteiger partial charge in [0.05, 0.1) is 18.7 Å². The van der Waals surface area contributed by atoms with Gasteiger partial charge in [0.25, 0.3) is 0 Å². The summed E-state index contributed by atoms with van der Waals surface area (Å²) in [4.78, 5) is 15.4. The van der Waals surface area contributed by atoms with Gasteiger partial charge >= 0.3 is 5.97 Å². The maximum absolute atomic E-state index is 13.6. The lowest BCUT2D eigenvalue weighted by Gasteiger charge is -1.99. The van der Waals surface area contributed by atoms with E-state index in [2.05, 4.69) is 4.98 Å². The molecule has 19 heavy (non-hydrogen) atoms. The van der Waals surface area contributed by atoms with E-state index < -0.39 is 11.6 Å². The number of nitrogens with zero attached hydrogens (tertiary/aromatic N) is 1. The van der Waals surface area contributed by atoms with E-state index >= 15 is 0 Å². The fraction of sp³-hybridized carbons (Fsp3) is 0.231. The van der Waals surface area contributed by atoms with Crippen molar-refractivity contribution in [2.24, 2.45) is 0 Å². The first-order valence-electron chi connectivity index (χ1n) is 5.65. The van der Waals surface area contributed by atoms with Crippen LogP contribution in [0.1, 0.15) is 12.6 Å². The second-order valence-electron chi connectivity index (χ2n) is 3.75. The molecule has 0 aliphatic heterocycles. The van der Waals surface area contributed by atoms with E-state index in [0.29, 0.717) is 17.3 Å². The van der Waals surface area contributed by atoms with Gasteiger partial charge in [-0.25, -0.2) is 13.8 Å². The molecule has 0 saturated heterocycles. The summed E-state index contributed by atoms with van der Waals surface area (Å²) >= 11 is 1.16. The Hall–Kier alpha value is -1.82. The molecule has 0 amide bonds. The Bertz CT molecular complexity index is 598. The average molecular weight is 283 g/mol. The molecule has 3 nitrogen and oxygen atoms in total. The van der Waals surface area contributed by atoms with Gasteiger partial charge in [-0.1, -0.05) is 0 Å². The molecular formula is C13H11F2NO2S. The van der Waals surface area contributed by atoms with Gasteiger partial charge in [-0.2, -0.15) is 0 Å². The van der Waals surface area contributed by atoms with Gasteiger partial charge in [0.1, 0.15) is 16.6 Å². The lowest BCUT2D eigenvalue weighted by Crippen LogP contribution is -2.07. The highest BCUT2D eigenvalue weighted by Gasteiger charge is 2.13. The average Bonchev–Trinajstić information content (AvgIpc) is 2.81. The van der Waals surface area contributed by atoms with Gasteiger partial charge in [-0.05, 0) is 25.1 Å². The first-order chi connectivity index (χ1) is 9.10. The zero-order chi connectivity index (χ0) is 13.8. The summed E-state index contributed by atoms with van der Waals surface area (Å²) in [6.45, 7) is 2.01. The number of carbonyl (C=O) groups is 1. The Morgan fingerprint density at radius 3 is 2.95 bits per heavy atom. The van der Waals surface area contributed by atoms with E-state index in [1.54, 1.807) is 12.3 Å². The van der Waals surface area contributed by atoms with Crippen LogP contribution in [0.25, 0.3) is 10.6 Å². The summed E-state index contributed by atoms with van der Waals surface area (Å²) < 4.78 is 31.4. The Morgan fingerprint density at radius 2 is 2.21 bits per heavy atom. The lowest BCUT2D eigenvalue weighted by atomic mass is 10.2. The normalized spacial score (nSPS) is 10.5. The molecule has 6 heteroatoms. The Kier molecular flexibility index (Phi) is 4.21. The Labute approximate surface area is 112 Å². The van der Waals surface area contributed by atoms with Gasteiger partial charge in [0.15, 0.2) is 0 Å². The number of halogens is 2. The molecule has 1 aromatic heterocycles. The molecule has 2 rings (SSSR count). The van der Waals surface area contributed by atoms with Crippen LogP contribution in [0.15, 0.2) is 23.6 Å². The highest BCUT2D eigenvalue weighted by Crippen LogP contribution is 2.27. The van der Waals surface area contributed by atoms with Gasteiger partial charge in [0.2, 0.25) is 0 Å². The molecule has 0 spiro atoms. The van der Waals surface area contributed by atoms with Crippen molar-refractivity contribution in [3.8, 4) is 10.6 Å². The van der Waals surface area contributed by atoms with E-state index in [0.717, 1.165) is 29.5 Å². The Balaban J connectivity index is 2.21. The minimum atomic E-state index is -0.543. The topological polar surface area (TPSA) is 39.2 Å². The van der Waals surface area contributed by atoms with Crippen LogP contribution in [-0.4, -0.2) is 17.6 Å². The van der Waals surface area contributed by atoms with Crippen molar-refractivity contribution in [1.82, 2.24) is 4.98 Å². The van der Waals surface area contributed by atoms with Crippen LogP contribution in [0.4, 0.5) is 8.78 Å². The fourth-order valence-corrected chi connectivity index (χ4v) is 2.37. The summed E-state index contributed by atoms with van der Waals surface area (Å²) in [5.74, 6) is -1.46. The van der Waals surface area contributed by atoms with Crippen molar-refractivity contribution in [2.75, 3.05) is 6.61 Å². The predicted molar refractivity (Wildman–Crippen MR) is 67.8 cm³/mol. The van der Waals surface area contributed by atoms with Crippen molar-refractivity contribution < 1.29 is 18.3 Å². The number of carbonyl (C=O) groups excluding carboxylic acids is 1. The second kappa shape index (κ2) is 5.88. The van der Waals surface area contributed by atoms with Crippen LogP contribution < -0.4 is 0 Å². The van der Waals surface area contributed by atoms with Crippen LogP contribution in [0.2, 0.25) is 0 Å². The zero-order valence-electron chi connectivity index (χ0n) is 10.2. The van der Waals surface area contributed by atoms with E-state index in [1.807, 2.05) is 0 Å². The molecule has 0 N–H and O–H groups in total. The largest absolute Gasteiger partial charge is 0.466 e. The predicted octanol–water partition coefficient (Wildman–Crippen LogP) is 3.19. The van der Waals surface area contributed by atoms with E-state index in [1.165, 1.54) is 0 Å². The molecule has 0 aliphatic carbocycles. The first kappa shape index (κ1) is 13.6. The summed E-state index contributed by atoms with van der Waals surface area (Å²) in [6, 6.07) is 3.19. The SMILES string of the molecule is CCOC(=O)Cc1csc(-c2cc(F)ccc2F)n1. The third-order valence-corrected chi connectivity index (χ3v) is 3.27. The van der Waals surface area contributed by atoms with Crippen molar-refractivity contribution in [1.29, 1.82) is 0 Å². The third-order valence-electron chi connectivity index (χ3n) is 2.34. The van der Waals surface area contributed by atoms with Gasteiger partial charge < -0.3 is 4.74 Å². The monoisotopic (exact) mass is 283 g/mol. The molecule has 0 atom stereocenters. The van der Waals surface area contributed by atoms with Crippen LogP contribution in [0, 0.1) is 11.6 Å². The summed E-state index contributed by atoms with van der Waals surface area (Å²) in [7, 11) is 0. The van der Waals surface area contributed by atoms with E-state index in [9.17, 15) is 13.6 Å². The quantitative estimate of drug-likeness (QED) is 0.809. The maximum atomic E-state index is 13.6.